The number of hydrogen-bond donors (Lipinski definition) is 1. The molecule has 0 bridgehead atoms. The van der Waals surface area contributed by atoms with Gasteiger partial charge in [-0.3, -0.25) is 4.98 Å². The van der Waals surface area contributed by atoms with Crippen molar-refractivity contribution in [1.29, 1.82) is 0 Å². The van der Waals surface area contributed by atoms with Crippen molar-refractivity contribution in [1.82, 2.24) is 4.98 Å². The van der Waals surface area contributed by atoms with E-state index in [9.17, 15) is 4.79 Å². The zero-order valence-corrected chi connectivity index (χ0v) is 8.96. The van der Waals surface area contributed by atoms with E-state index in [4.69, 9.17) is 5.11 Å². The topological polar surface area (TPSA) is 50.2 Å². The van der Waals surface area contributed by atoms with Gasteiger partial charge in [-0.05, 0) is 24.0 Å². The van der Waals surface area contributed by atoms with Crippen LogP contribution in [0.5, 0.6) is 0 Å². The van der Waals surface area contributed by atoms with Crippen molar-refractivity contribution in [3.8, 4) is 0 Å². The van der Waals surface area contributed by atoms with Crippen LogP contribution in [-0.4, -0.2) is 16.1 Å². The smallest absolute Gasteiger partial charge is 0.337 e. The van der Waals surface area contributed by atoms with Gasteiger partial charge >= 0.3 is 5.97 Å². The molecule has 0 spiro atoms. The first-order valence-corrected chi connectivity index (χ1v) is 4.53. The van der Waals surface area contributed by atoms with Crippen molar-refractivity contribution >= 4 is 5.97 Å². The number of carboxylic acid groups (broad SMARTS) is 1. The maximum absolute atomic E-state index is 10.9. The minimum atomic E-state index is -0.916. The van der Waals surface area contributed by atoms with Gasteiger partial charge in [0.15, 0.2) is 0 Å². The number of aromatic carboxylic acids is 1. The molecule has 76 valence electrons. The first-order chi connectivity index (χ1) is 6.32. The Bertz CT molecular complexity index is 364. The quantitative estimate of drug-likeness (QED) is 0.745. The second-order valence-electron chi connectivity index (χ2n) is 4.41. The fourth-order valence-electron chi connectivity index (χ4n) is 1.16. The Balaban J connectivity index is 3.27. The number of carbonyl (C=O) groups is 1. The molecule has 0 aliphatic heterocycles. The van der Waals surface area contributed by atoms with E-state index >= 15 is 0 Å². The van der Waals surface area contributed by atoms with Crippen molar-refractivity contribution in [2.45, 2.75) is 33.1 Å². The Hall–Kier alpha value is -1.38. The summed E-state index contributed by atoms with van der Waals surface area (Å²) in [7, 11) is 0. The van der Waals surface area contributed by atoms with E-state index in [1.807, 2.05) is 20.8 Å². The standard InChI is InChI=1S/C11H15NO2/c1-7-9(10(13)14)5-8(6-12-7)11(2,3)4/h5-6H,1-4H3,(H,13,14). The Morgan fingerprint density at radius 1 is 1.43 bits per heavy atom. The molecule has 0 amide bonds. The summed E-state index contributed by atoms with van der Waals surface area (Å²) in [6, 6.07) is 1.70. The van der Waals surface area contributed by atoms with Gasteiger partial charge in [-0.25, -0.2) is 4.79 Å². The molecule has 0 saturated heterocycles. The molecule has 3 nitrogen and oxygen atoms in total. The highest BCUT2D eigenvalue weighted by atomic mass is 16.4. The number of hydrogen-bond acceptors (Lipinski definition) is 2. The Labute approximate surface area is 83.8 Å². The fraction of sp³-hybridized carbons (Fsp3) is 0.455. The summed E-state index contributed by atoms with van der Waals surface area (Å²) in [5.74, 6) is -0.916. The van der Waals surface area contributed by atoms with Crippen molar-refractivity contribution < 1.29 is 9.90 Å². The van der Waals surface area contributed by atoms with Crippen LogP contribution < -0.4 is 0 Å². The zero-order valence-electron chi connectivity index (χ0n) is 8.96. The molecule has 0 aliphatic rings. The van der Waals surface area contributed by atoms with E-state index in [1.165, 1.54) is 0 Å². The van der Waals surface area contributed by atoms with Crippen LogP contribution in [-0.2, 0) is 5.41 Å². The molecule has 0 fully saturated rings. The van der Waals surface area contributed by atoms with E-state index in [2.05, 4.69) is 4.98 Å². The highest BCUT2D eigenvalue weighted by Gasteiger charge is 2.17. The SMILES string of the molecule is Cc1ncc(C(C)(C)C)cc1C(=O)O. The molecule has 0 radical (unpaired) electrons. The minimum Gasteiger partial charge on any atom is -0.478 e. The molecular formula is C11H15NO2. The highest BCUT2D eigenvalue weighted by molar-refractivity contribution is 5.88. The van der Waals surface area contributed by atoms with Crippen LogP contribution >= 0.6 is 0 Å². The average molecular weight is 193 g/mol. The number of rotatable bonds is 1. The molecule has 1 N–H and O–H groups in total. The van der Waals surface area contributed by atoms with Crippen LogP contribution in [0.15, 0.2) is 12.3 Å². The van der Waals surface area contributed by atoms with Gasteiger partial charge < -0.3 is 5.11 Å². The molecule has 1 aromatic heterocycles. The van der Waals surface area contributed by atoms with Gasteiger partial charge in [-0.2, -0.15) is 0 Å². The van der Waals surface area contributed by atoms with Gasteiger partial charge in [-0.15, -0.1) is 0 Å². The Kier molecular flexibility index (Phi) is 2.60. The van der Waals surface area contributed by atoms with E-state index in [0.29, 0.717) is 5.69 Å². The van der Waals surface area contributed by atoms with Gasteiger partial charge in [-0.1, -0.05) is 20.8 Å². The van der Waals surface area contributed by atoms with Gasteiger partial charge in [0.25, 0.3) is 0 Å². The minimum absolute atomic E-state index is 0.0646. The molecule has 0 saturated carbocycles. The third-order valence-corrected chi connectivity index (χ3v) is 2.18. The second kappa shape index (κ2) is 3.40. The van der Waals surface area contributed by atoms with Crippen LogP contribution in [0.2, 0.25) is 0 Å². The van der Waals surface area contributed by atoms with E-state index < -0.39 is 5.97 Å². The first kappa shape index (κ1) is 10.7. The number of carboxylic acids is 1. The average Bonchev–Trinajstić information content (AvgIpc) is 2.02. The first-order valence-electron chi connectivity index (χ1n) is 4.53. The summed E-state index contributed by atoms with van der Waals surface area (Å²) in [5.41, 5.74) is 1.73. The Morgan fingerprint density at radius 3 is 2.43 bits per heavy atom. The molecular weight excluding hydrogens is 178 g/mol. The number of nitrogens with zero attached hydrogens (tertiary/aromatic N) is 1. The lowest BCUT2D eigenvalue weighted by molar-refractivity contribution is 0.0695. The largest absolute Gasteiger partial charge is 0.478 e. The lowest BCUT2D eigenvalue weighted by Gasteiger charge is -2.19. The lowest BCUT2D eigenvalue weighted by Crippen LogP contribution is -2.14. The lowest BCUT2D eigenvalue weighted by atomic mass is 9.87. The zero-order chi connectivity index (χ0) is 10.9. The van der Waals surface area contributed by atoms with Gasteiger partial charge in [0, 0.05) is 6.20 Å². The third-order valence-electron chi connectivity index (χ3n) is 2.18. The van der Waals surface area contributed by atoms with E-state index in [1.54, 1.807) is 19.2 Å². The molecule has 0 aromatic carbocycles. The maximum Gasteiger partial charge on any atom is 0.337 e. The van der Waals surface area contributed by atoms with Gasteiger partial charge in [0.05, 0.1) is 11.3 Å². The maximum atomic E-state index is 10.9. The molecule has 0 atom stereocenters. The normalized spacial score (nSPS) is 11.4. The van der Waals surface area contributed by atoms with E-state index in [-0.39, 0.29) is 11.0 Å². The molecule has 1 rings (SSSR count). The number of pyridine rings is 1. The van der Waals surface area contributed by atoms with Crippen LogP contribution in [0.3, 0.4) is 0 Å². The predicted molar refractivity (Wildman–Crippen MR) is 54.6 cm³/mol. The molecule has 0 unspecified atom stereocenters. The van der Waals surface area contributed by atoms with E-state index in [0.717, 1.165) is 5.56 Å². The van der Waals surface area contributed by atoms with Crippen LogP contribution in [0.4, 0.5) is 0 Å². The monoisotopic (exact) mass is 193 g/mol. The van der Waals surface area contributed by atoms with Gasteiger partial charge in [0.1, 0.15) is 0 Å². The number of aromatic nitrogens is 1. The summed E-state index contributed by atoms with van der Waals surface area (Å²) < 4.78 is 0. The summed E-state index contributed by atoms with van der Waals surface area (Å²) in [4.78, 5) is 14.9. The molecule has 3 heteroatoms. The Morgan fingerprint density at radius 2 is 2.00 bits per heavy atom. The van der Waals surface area contributed by atoms with Crippen LogP contribution in [0.1, 0.15) is 42.4 Å². The summed E-state index contributed by atoms with van der Waals surface area (Å²) in [6.07, 6.45) is 1.74. The highest BCUT2D eigenvalue weighted by Crippen LogP contribution is 2.22. The van der Waals surface area contributed by atoms with Crippen LogP contribution in [0.25, 0.3) is 0 Å². The third kappa shape index (κ3) is 2.10. The van der Waals surface area contributed by atoms with Crippen molar-refractivity contribution in [3.63, 3.8) is 0 Å². The van der Waals surface area contributed by atoms with Crippen molar-refractivity contribution in [3.05, 3.63) is 29.1 Å². The molecule has 1 heterocycles. The summed E-state index contributed by atoms with van der Waals surface area (Å²) in [5, 5.41) is 8.92. The summed E-state index contributed by atoms with van der Waals surface area (Å²) >= 11 is 0. The fourth-order valence-corrected chi connectivity index (χ4v) is 1.16. The second-order valence-corrected chi connectivity index (χ2v) is 4.41. The molecule has 14 heavy (non-hydrogen) atoms. The van der Waals surface area contributed by atoms with Gasteiger partial charge in [0.2, 0.25) is 0 Å². The van der Waals surface area contributed by atoms with Crippen LogP contribution in [0, 0.1) is 6.92 Å². The number of aryl methyl sites for hydroxylation is 1. The molecule has 0 aliphatic carbocycles. The van der Waals surface area contributed by atoms with Crippen molar-refractivity contribution in [2.24, 2.45) is 0 Å². The molecule has 1 aromatic rings. The predicted octanol–water partition coefficient (Wildman–Crippen LogP) is 2.39. The van der Waals surface area contributed by atoms with Crippen molar-refractivity contribution in [2.75, 3.05) is 0 Å². The summed E-state index contributed by atoms with van der Waals surface area (Å²) in [6.45, 7) is 7.80.